The van der Waals surface area contributed by atoms with Crippen LogP contribution in [0.3, 0.4) is 0 Å². The van der Waals surface area contributed by atoms with E-state index in [0.717, 1.165) is 22.2 Å². The molecule has 144 valence electrons. The lowest BCUT2D eigenvalue weighted by Crippen LogP contribution is -2.14. The molecular weight excluding hydrogens is 364 g/mol. The Morgan fingerprint density at radius 1 is 0.931 bits per heavy atom. The first kappa shape index (κ1) is 18.8. The Kier molecular flexibility index (Phi) is 5.30. The minimum atomic E-state index is -0.780. The summed E-state index contributed by atoms with van der Waals surface area (Å²) in [5.41, 5.74) is 3.58. The number of nitrogens with zero attached hydrogens (tertiary/aromatic N) is 2. The number of aromatic nitrogens is 1. The van der Waals surface area contributed by atoms with E-state index in [2.05, 4.69) is 10.6 Å². The minimum Gasteiger partial charge on any atom is -0.457 e. The number of nitriles is 1. The van der Waals surface area contributed by atoms with Gasteiger partial charge in [-0.05, 0) is 60.2 Å². The molecule has 1 aromatic heterocycles. The van der Waals surface area contributed by atoms with Crippen LogP contribution in [0.25, 0.3) is 16.6 Å². The average Bonchev–Trinajstić information content (AvgIpc) is 3.13. The maximum absolute atomic E-state index is 9.87. The zero-order valence-electron chi connectivity index (χ0n) is 15.7. The van der Waals surface area contributed by atoms with E-state index in [-0.39, 0.29) is 6.61 Å². The lowest BCUT2D eigenvalue weighted by Gasteiger charge is -2.09. The van der Waals surface area contributed by atoms with Gasteiger partial charge in [-0.3, -0.25) is 0 Å². The fourth-order valence-corrected chi connectivity index (χ4v) is 3.35. The second kappa shape index (κ2) is 8.19. The highest BCUT2D eigenvalue weighted by Gasteiger charge is 2.13. The molecule has 0 aliphatic carbocycles. The topological polar surface area (TPSA) is 78.4 Å². The lowest BCUT2D eigenvalue weighted by atomic mass is 10.1. The van der Waals surface area contributed by atoms with Crippen molar-refractivity contribution in [3.63, 3.8) is 0 Å². The zero-order chi connectivity index (χ0) is 20.2. The summed E-state index contributed by atoms with van der Waals surface area (Å²) in [5.74, 6) is 1.37. The van der Waals surface area contributed by atoms with Gasteiger partial charge in [-0.1, -0.05) is 18.2 Å². The second-order valence-electron chi connectivity index (χ2n) is 6.81. The van der Waals surface area contributed by atoms with Crippen molar-refractivity contribution >= 4 is 10.9 Å². The normalized spacial score (nSPS) is 11.9. The van der Waals surface area contributed by atoms with Crippen molar-refractivity contribution in [3.05, 3.63) is 90.1 Å². The van der Waals surface area contributed by atoms with Gasteiger partial charge in [0.25, 0.3) is 0 Å². The maximum atomic E-state index is 9.87. The third-order valence-electron chi connectivity index (χ3n) is 4.79. The number of benzene rings is 3. The van der Waals surface area contributed by atoms with Crippen molar-refractivity contribution < 1.29 is 14.9 Å². The third-order valence-corrected chi connectivity index (χ3v) is 4.79. The number of rotatable bonds is 6. The van der Waals surface area contributed by atoms with Crippen LogP contribution in [0.1, 0.15) is 11.1 Å². The fourth-order valence-electron chi connectivity index (χ4n) is 3.35. The largest absolute Gasteiger partial charge is 0.457 e. The van der Waals surface area contributed by atoms with Gasteiger partial charge in [0.2, 0.25) is 0 Å². The van der Waals surface area contributed by atoms with Crippen LogP contribution in [0.5, 0.6) is 11.5 Å². The van der Waals surface area contributed by atoms with Crippen molar-refractivity contribution in [2.45, 2.75) is 12.5 Å². The number of para-hydroxylation sites is 1. The first-order valence-electron chi connectivity index (χ1n) is 9.34. The molecule has 0 radical (unpaired) electrons. The van der Waals surface area contributed by atoms with E-state index in [1.54, 1.807) is 24.3 Å². The van der Waals surface area contributed by atoms with Gasteiger partial charge in [0.1, 0.15) is 11.5 Å². The molecule has 0 fully saturated rings. The van der Waals surface area contributed by atoms with Gasteiger partial charge in [0, 0.05) is 23.7 Å². The van der Waals surface area contributed by atoms with Gasteiger partial charge >= 0.3 is 0 Å². The Hall–Kier alpha value is -3.59. The van der Waals surface area contributed by atoms with Gasteiger partial charge in [-0.15, -0.1) is 0 Å². The summed E-state index contributed by atoms with van der Waals surface area (Å²) in [6.45, 7) is -0.263. The van der Waals surface area contributed by atoms with E-state index in [4.69, 9.17) is 10.00 Å². The average molecular weight is 384 g/mol. The highest BCUT2D eigenvalue weighted by atomic mass is 16.5. The van der Waals surface area contributed by atoms with Gasteiger partial charge in [-0.25, -0.2) is 0 Å². The van der Waals surface area contributed by atoms with Crippen LogP contribution >= 0.6 is 0 Å². The molecule has 5 heteroatoms. The monoisotopic (exact) mass is 384 g/mol. The predicted molar refractivity (Wildman–Crippen MR) is 111 cm³/mol. The molecule has 4 aromatic rings. The van der Waals surface area contributed by atoms with Crippen molar-refractivity contribution in [1.82, 2.24) is 4.57 Å². The SMILES string of the molecule is N#Cc1ccc(Oc2ccc(-n3cc(CC(O)CO)c4ccccc43)cc2)cc1. The van der Waals surface area contributed by atoms with Crippen LogP contribution in [0, 0.1) is 11.3 Å². The quantitative estimate of drug-likeness (QED) is 0.522. The molecule has 0 bridgehead atoms. The van der Waals surface area contributed by atoms with Crippen LogP contribution < -0.4 is 4.74 Å². The summed E-state index contributed by atoms with van der Waals surface area (Å²) in [6.07, 6.45) is 1.61. The Morgan fingerprint density at radius 2 is 1.59 bits per heavy atom. The van der Waals surface area contributed by atoms with Crippen LogP contribution in [-0.4, -0.2) is 27.5 Å². The van der Waals surface area contributed by atoms with Gasteiger partial charge in [-0.2, -0.15) is 5.26 Å². The number of aliphatic hydroxyl groups is 2. The second-order valence-corrected chi connectivity index (χ2v) is 6.81. The molecule has 5 nitrogen and oxygen atoms in total. The Balaban J connectivity index is 1.61. The maximum Gasteiger partial charge on any atom is 0.127 e. The number of aliphatic hydroxyl groups excluding tert-OH is 2. The highest BCUT2D eigenvalue weighted by molar-refractivity contribution is 5.85. The molecule has 2 N–H and O–H groups in total. The summed E-state index contributed by atoms with van der Waals surface area (Å²) in [5, 5.41) is 29.0. The molecule has 0 spiro atoms. The van der Waals surface area contributed by atoms with E-state index < -0.39 is 6.10 Å². The van der Waals surface area contributed by atoms with Gasteiger partial charge in [0.05, 0.1) is 29.9 Å². The van der Waals surface area contributed by atoms with E-state index >= 15 is 0 Å². The number of ether oxygens (including phenoxy) is 1. The fraction of sp³-hybridized carbons (Fsp3) is 0.125. The molecule has 0 aliphatic rings. The number of hydrogen-bond donors (Lipinski definition) is 2. The molecule has 29 heavy (non-hydrogen) atoms. The van der Waals surface area contributed by atoms with Gasteiger partial charge < -0.3 is 19.5 Å². The molecule has 3 aromatic carbocycles. The van der Waals surface area contributed by atoms with Gasteiger partial charge in [0.15, 0.2) is 0 Å². The summed E-state index contributed by atoms with van der Waals surface area (Å²) in [7, 11) is 0. The highest BCUT2D eigenvalue weighted by Crippen LogP contribution is 2.28. The number of fused-ring (bicyclic) bond motifs is 1. The lowest BCUT2D eigenvalue weighted by molar-refractivity contribution is 0.0957. The molecule has 0 saturated heterocycles. The van der Waals surface area contributed by atoms with Crippen molar-refractivity contribution in [2.24, 2.45) is 0 Å². The summed E-state index contributed by atoms with van der Waals surface area (Å²) >= 11 is 0. The molecule has 1 heterocycles. The first-order valence-corrected chi connectivity index (χ1v) is 9.34. The van der Waals surface area contributed by atoms with Crippen molar-refractivity contribution in [1.29, 1.82) is 5.26 Å². The van der Waals surface area contributed by atoms with E-state index in [1.165, 1.54) is 0 Å². The minimum absolute atomic E-state index is 0.263. The van der Waals surface area contributed by atoms with Crippen LogP contribution in [0.15, 0.2) is 79.0 Å². The Morgan fingerprint density at radius 3 is 2.24 bits per heavy atom. The predicted octanol–water partition coefficient (Wildman–Crippen LogP) is 4.19. The van der Waals surface area contributed by atoms with Crippen LogP contribution in [0.2, 0.25) is 0 Å². The molecular formula is C24H20N2O3. The van der Waals surface area contributed by atoms with E-state index in [0.29, 0.717) is 23.5 Å². The first-order chi connectivity index (χ1) is 14.2. The van der Waals surface area contributed by atoms with E-state index in [9.17, 15) is 10.2 Å². The molecule has 0 amide bonds. The van der Waals surface area contributed by atoms with Crippen LogP contribution in [0.4, 0.5) is 0 Å². The number of hydrogen-bond acceptors (Lipinski definition) is 4. The summed E-state index contributed by atoms with van der Waals surface area (Å²) in [6, 6.07) is 24.8. The molecule has 1 atom stereocenters. The molecule has 0 saturated carbocycles. The summed E-state index contributed by atoms with van der Waals surface area (Å²) < 4.78 is 7.92. The van der Waals surface area contributed by atoms with Crippen molar-refractivity contribution in [3.8, 4) is 23.3 Å². The molecule has 1 unspecified atom stereocenters. The van der Waals surface area contributed by atoms with Crippen LogP contribution in [-0.2, 0) is 6.42 Å². The zero-order valence-corrected chi connectivity index (χ0v) is 15.7. The molecule has 0 aliphatic heterocycles. The Labute approximate surface area is 168 Å². The summed E-state index contributed by atoms with van der Waals surface area (Å²) in [4.78, 5) is 0. The van der Waals surface area contributed by atoms with Crippen molar-refractivity contribution in [2.75, 3.05) is 6.61 Å². The smallest absolute Gasteiger partial charge is 0.127 e. The standard InChI is InChI=1S/C24H20N2O3/c25-14-17-5-9-21(10-6-17)29-22-11-7-19(8-12-22)26-15-18(13-20(28)16-27)23-3-1-2-4-24(23)26/h1-12,15,20,27-28H,13,16H2. The third kappa shape index (κ3) is 3.99. The Bertz CT molecular complexity index is 1160. The van der Waals surface area contributed by atoms with E-state index in [1.807, 2.05) is 54.7 Å². The molecule has 4 rings (SSSR count).